The highest BCUT2D eigenvalue weighted by molar-refractivity contribution is 5.95. The van der Waals surface area contributed by atoms with E-state index >= 15 is 0 Å². The zero-order valence-corrected chi connectivity index (χ0v) is 12.7. The van der Waals surface area contributed by atoms with Gasteiger partial charge in [0.2, 0.25) is 5.91 Å². The first kappa shape index (κ1) is 14.7. The minimum Gasteiger partial charge on any atom is -0.397 e. The Bertz CT molecular complexity index is 523. The topological polar surface area (TPSA) is 70.4 Å². The molecular formula is C15H24N4O. The van der Waals surface area contributed by atoms with Gasteiger partial charge < -0.3 is 21.3 Å². The van der Waals surface area contributed by atoms with Crippen LogP contribution in [0.3, 0.4) is 0 Å². The van der Waals surface area contributed by atoms with Crippen molar-refractivity contribution < 1.29 is 4.79 Å². The number of likely N-dealkylation sites (N-methyl/N-ethyl adjacent to an activating group) is 1. The normalized spacial score (nSPS) is 14.9. The third kappa shape index (κ3) is 3.04. The van der Waals surface area contributed by atoms with Gasteiger partial charge in [0.1, 0.15) is 0 Å². The van der Waals surface area contributed by atoms with Gasteiger partial charge in [0.15, 0.2) is 0 Å². The Labute approximate surface area is 120 Å². The minimum absolute atomic E-state index is 0.0194. The molecule has 110 valence electrons. The minimum atomic E-state index is 0.0194. The van der Waals surface area contributed by atoms with Gasteiger partial charge in [0.25, 0.3) is 0 Å². The zero-order chi connectivity index (χ0) is 14.9. The van der Waals surface area contributed by atoms with Crippen molar-refractivity contribution >= 4 is 23.0 Å². The number of carbonyl (C=O) groups excluding carboxylic acids is 1. The SMILES string of the molecule is CN(C)C(C)(C)CNc1cc2c(cc1N)CCC(=O)N2. The van der Waals surface area contributed by atoms with E-state index in [1.165, 1.54) is 0 Å². The quantitative estimate of drug-likeness (QED) is 0.735. The second-order valence-electron chi connectivity index (χ2n) is 6.21. The molecule has 0 aliphatic carbocycles. The van der Waals surface area contributed by atoms with Crippen LogP contribution in [0.25, 0.3) is 0 Å². The van der Waals surface area contributed by atoms with E-state index in [4.69, 9.17) is 5.73 Å². The van der Waals surface area contributed by atoms with Gasteiger partial charge in [-0.25, -0.2) is 0 Å². The summed E-state index contributed by atoms with van der Waals surface area (Å²) in [7, 11) is 4.11. The molecule has 4 N–H and O–H groups in total. The predicted octanol–water partition coefficient (Wildman–Crippen LogP) is 1.91. The highest BCUT2D eigenvalue weighted by Gasteiger charge is 2.21. The number of nitrogens with zero attached hydrogens (tertiary/aromatic N) is 1. The average molecular weight is 276 g/mol. The third-order valence-corrected chi connectivity index (χ3v) is 4.09. The van der Waals surface area contributed by atoms with Gasteiger partial charge in [-0.3, -0.25) is 4.79 Å². The number of amides is 1. The lowest BCUT2D eigenvalue weighted by atomic mass is 10.0. The maximum absolute atomic E-state index is 11.5. The molecule has 1 aromatic rings. The summed E-state index contributed by atoms with van der Waals surface area (Å²) in [4.78, 5) is 13.6. The van der Waals surface area contributed by atoms with Gasteiger partial charge in [-0.1, -0.05) is 0 Å². The van der Waals surface area contributed by atoms with E-state index in [9.17, 15) is 4.79 Å². The van der Waals surface area contributed by atoms with Gasteiger partial charge in [-0.15, -0.1) is 0 Å². The Hall–Kier alpha value is -1.75. The molecule has 0 saturated carbocycles. The molecule has 5 heteroatoms. The molecule has 5 nitrogen and oxygen atoms in total. The molecule has 0 fully saturated rings. The first-order valence-electron chi connectivity index (χ1n) is 6.93. The first-order valence-corrected chi connectivity index (χ1v) is 6.93. The number of aryl methyl sites for hydroxylation is 1. The van der Waals surface area contributed by atoms with Crippen LogP contribution in [0.15, 0.2) is 12.1 Å². The van der Waals surface area contributed by atoms with Gasteiger partial charge in [0.05, 0.1) is 11.4 Å². The van der Waals surface area contributed by atoms with E-state index in [0.717, 1.165) is 35.6 Å². The molecule has 0 bridgehead atoms. The van der Waals surface area contributed by atoms with Crippen LogP contribution < -0.4 is 16.4 Å². The van der Waals surface area contributed by atoms with Crippen LogP contribution in [0, 0.1) is 0 Å². The number of nitrogen functional groups attached to an aromatic ring is 1. The Morgan fingerprint density at radius 1 is 1.35 bits per heavy atom. The summed E-state index contributed by atoms with van der Waals surface area (Å²) in [6.45, 7) is 5.10. The van der Waals surface area contributed by atoms with Crippen molar-refractivity contribution in [3.05, 3.63) is 17.7 Å². The fraction of sp³-hybridized carbons (Fsp3) is 0.533. The lowest BCUT2D eigenvalue weighted by Crippen LogP contribution is -2.44. The monoisotopic (exact) mass is 276 g/mol. The van der Waals surface area contributed by atoms with Gasteiger partial charge in [0, 0.05) is 24.2 Å². The largest absolute Gasteiger partial charge is 0.397 e. The lowest BCUT2D eigenvalue weighted by Gasteiger charge is -2.33. The average Bonchev–Trinajstić information content (AvgIpc) is 2.36. The Morgan fingerprint density at radius 3 is 2.70 bits per heavy atom. The van der Waals surface area contributed by atoms with E-state index < -0.39 is 0 Å². The molecule has 0 radical (unpaired) electrons. The molecular weight excluding hydrogens is 252 g/mol. The van der Waals surface area contributed by atoms with Crippen LogP contribution in [-0.4, -0.2) is 37.0 Å². The van der Waals surface area contributed by atoms with Crippen LogP contribution >= 0.6 is 0 Å². The van der Waals surface area contributed by atoms with Crippen molar-refractivity contribution in [1.82, 2.24) is 4.90 Å². The molecule has 1 heterocycles. The zero-order valence-electron chi connectivity index (χ0n) is 12.7. The van der Waals surface area contributed by atoms with Gasteiger partial charge in [-0.05, 0) is 52.1 Å². The second kappa shape index (κ2) is 5.32. The molecule has 1 aliphatic heterocycles. The summed E-state index contributed by atoms with van der Waals surface area (Å²) in [5.74, 6) is 0.0712. The van der Waals surface area contributed by atoms with Gasteiger partial charge in [-0.2, -0.15) is 0 Å². The van der Waals surface area contributed by atoms with Crippen molar-refractivity contribution in [2.24, 2.45) is 0 Å². The summed E-state index contributed by atoms with van der Waals surface area (Å²) < 4.78 is 0. The fourth-order valence-corrected chi connectivity index (χ4v) is 2.07. The predicted molar refractivity (Wildman–Crippen MR) is 84.1 cm³/mol. The fourth-order valence-electron chi connectivity index (χ4n) is 2.07. The molecule has 0 aromatic heterocycles. The smallest absolute Gasteiger partial charge is 0.224 e. The molecule has 1 aliphatic rings. The summed E-state index contributed by atoms with van der Waals surface area (Å²) in [6.07, 6.45) is 1.29. The van der Waals surface area contributed by atoms with Crippen molar-refractivity contribution in [1.29, 1.82) is 0 Å². The number of rotatable bonds is 4. The second-order valence-corrected chi connectivity index (χ2v) is 6.21. The van der Waals surface area contributed by atoms with Crippen molar-refractivity contribution in [3.63, 3.8) is 0 Å². The molecule has 0 spiro atoms. The standard InChI is InChI=1S/C15H24N4O/c1-15(2,19(3)4)9-17-13-8-12-10(7-11(13)16)5-6-14(20)18-12/h7-8,17H,5-6,9,16H2,1-4H3,(H,18,20). The molecule has 1 aromatic carbocycles. The number of nitrogens with two attached hydrogens (primary N) is 1. The number of hydrogen-bond acceptors (Lipinski definition) is 4. The van der Waals surface area contributed by atoms with Gasteiger partial charge >= 0.3 is 0 Å². The van der Waals surface area contributed by atoms with Crippen LogP contribution in [0.2, 0.25) is 0 Å². The van der Waals surface area contributed by atoms with Crippen molar-refractivity contribution in [2.75, 3.05) is 37.0 Å². The summed E-state index contributed by atoms with van der Waals surface area (Å²) in [5, 5.41) is 6.28. The molecule has 2 rings (SSSR count). The number of fused-ring (bicyclic) bond motifs is 1. The Kier molecular flexibility index (Phi) is 3.90. The lowest BCUT2D eigenvalue weighted by molar-refractivity contribution is -0.116. The van der Waals surface area contributed by atoms with Crippen molar-refractivity contribution in [2.45, 2.75) is 32.2 Å². The maximum Gasteiger partial charge on any atom is 0.224 e. The summed E-state index contributed by atoms with van der Waals surface area (Å²) >= 11 is 0. The van der Waals surface area contributed by atoms with Crippen LogP contribution in [-0.2, 0) is 11.2 Å². The van der Waals surface area contributed by atoms with Crippen molar-refractivity contribution in [3.8, 4) is 0 Å². The summed E-state index contributed by atoms with van der Waals surface area (Å²) in [6, 6.07) is 3.90. The molecule has 20 heavy (non-hydrogen) atoms. The molecule has 1 amide bonds. The molecule has 0 atom stereocenters. The van der Waals surface area contributed by atoms with E-state index in [0.29, 0.717) is 6.42 Å². The molecule has 0 unspecified atom stereocenters. The van der Waals surface area contributed by atoms with E-state index in [1.54, 1.807) is 0 Å². The highest BCUT2D eigenvalue weighted by atomic mass is 16.1. The van der Waals surface area contributed by atoms with E-state index in [2.05, 4.69) is 43.5 Å². The number of hydrogen-bond donors (Lipinski definition) is 3. The Morgan fingerprint density at radius 2 is 2.05 bits per heavy atom. The van der Waals surface area contributed by atoms with Crippen LogP contribution in [0.5, 0.6) is 0 Å². The van der Waals surface area contributed by atoms with E-state index in [1.807, 2.05) is 12.1 Å². The molecule has 0 saturated heterocycles. The van der Waals surface area contributed by atoms with Crippen LogP contribution in [0.1, 0.15) is 25.8 Å². The highest BCUT2D eigenvalue weighted by Crippen LogP contribution is 2.31. The number of anilines is 3. The Balaban J connectivity index is 2.17. The third-order valence-electron chi connectivity index (χ3n) is 4.09. The summed E-state index contributed by atoms with van der Waals surface area (Å²) in [5.41, 5.74) is 9.71. The first-order chi connectivity index (χ1) is 9.29. The maximum atomic E-state index is 11.5. The number of nitrogens with one attached hydrogen (secondary N) is 2. The van der Waals surface area contributed by atoms with E-state index in [-0.39, 0.29) is 11.4 Å². The number of carbonyl (C=O) groups is 1. The number of benzene rings is 1. The van der Waals surface area contributed by atoms with Crippen LogP contribution in [0.4, 0.5) is 17.1 Å².